The van der Waals surface area contributed by atoms with E-state index in [0.717, 1.165) is 11.3 Å². The Hall–Kier alpha value is -1.54. The number of anilines is 1. The molecule has 124 valence electrons. The van der Waals surface area contributed by atoms with Crippen molar-refractivity contribution in [1.29, 1.82) is 0 Å². The fourth-order valence-corrected chi connectivity index (χ4v) is 6.92. The zero-order valence-corrected chi connectivity index (χ0v) is 14.8. The lowest BCUT2D eigenvalue weighted by Gasteiger charge is -2.26. The van der Waals surface area contributed by atoms with Gasteiger partial charge in [0.15, 0.2) is 15.0 Å². The number of hydrogen-bond donors (Lipinski definition) is 0. The number of carbonyl (C=O) groups is 1. The molecule has 0 N–H and O–H groups in total. The van der Waals surface area contributed by atoms with Crippen LogP contribution in [0.15, 0.2) is 23.2 Å². The molecule has 1 amide bonds. The lowest BCUT2D eigenvalue weighted by molar-refractivity contribution is -0.115. The van der Waals surface area contributed by atoms with Crippen LogP contribution in [0.5, 0.6) is 5.75 Å². The molecule has 2 saturated heterocycles. The van der Waals surface area contributed by atoms with Gasteiger partial charge in [0.2, 0.25) is 5.91 Å². The molecule has 1 aromatic rings. The monoisotopic (exact) mass is 354 g/mol. The second-order valence-corrected chi connectivity index (χ2v) is 9.12. The van der Waals surface area contributed by atoms with Crippen molar-refractivity contribution in [3.05, 3.63) is 23.8 Å². The lowest BCUT2D eigenvalue weighted by atomic mass is 10.1. The second kappa shape index (κ2) is 5.83. The molecular weight excluding hydrogens is 336 g/mol. The van der Waals surface area contributed by atoms with Gasteiger partial charge in [0.25, 0.3) is 0 Å². The standard InChI is InChI=1S/C15H18N2O4S2/c1-9-4-5-13(21-3)11(6-9)17-12-7-23(19,20)8-14(12)22-15(17)16-10(2)18/h4-6,12,14H,7-8H2,1-3H3/t12-,14+/m0/s1. The lowest BCUT2D eigenvalue weighted by Crippen LogP contribution is -2.38. The van der Waals surface area contributed by atoms with Gasteiger partial charge in [-0.1, -0.05) is 17.8 Å². The summed E-state index contributed by atoms with van der Waals surface area (Å²) < 4.78 is 29.4. The molecule has 0 aliphatic carbocycles. The van der Waals surface area contributed by atoms with Crippen LogP contribution in [0, 0.1) is 6.92 Å². The van der Waals surface area contributed by atoms with E-state index in [1.807, 2.05) is 30.0 Å². The van der Waals surface area contributed by atoms with Crippen molar-refractivity contribution in [1.82, 2.24) is 0 Å². The molecule has 0 spiro atoms. The van der Waals surface area contributed by atoms with Crippen LogP contribution in [0.3, 0.4) is 0 Å². The molecular formula is C15H18N2O4S2. The molecule has 3 rings (SSSR count). The summed E-state index contributed by atoms with van der Waals surface area (Å²) in [5.41, 5.74) is 1.78. The van der Waals surface area contributed by atoms with Crippen LogP contribution < -0.4 is 9.64 Å². The highest BCUT2D eigenvalue weighted by atomic mass is 32.2. The van der Waals surface area contributed by atoms with E-state index in [1.54, 1.807) is 7.11 Å². The number of nitrogens with zero attached hydrogens (tertiary/aromatic N) is 2. The molecule has 2 fully saturated rings. The quantitative estimate of drug-likeness (QED) is 0.803. The van der Waals surface area contributed by atoms with Gasteiger partial charge in [-0.15, -0.1) is 0 Å². The number of fused-ring (bicyclic) bond motifs is 1. The van der Waals surface area contributed by atoms with Crippen LogP contribution in [-0.2, 0) is 14.6 Å². The Balaban J connectivity index is 2.12. The third kappa shape index (κ3) is 3.10. The first-order valence-electron chi connectivity index (χ1n) is 7.21. The minimum atomic E-state index is -3.07. The number of amidine groups is 1. The predicted octanol–water partition coefficient (Wildman–Crippen LogP) is 1.62. The first-order chi connectivity index (χ1) is 10.8. The largest absolute Gasteiger partial charge is 0.495 e. The number of amides is 1. The van der Waals surface area contributed by atoms with E-state index < -0.39 is 9.84 Å². The van der Waals surface area contributed by atoms with Gasteiger partial charge >= 0.3 is 0 Å². The maximum absolute atomic E-state index is 12.0. The number of aliphatic imine (C=N–C) groups is 1. The number of thioether (sulfide) groups is 1. The molecule has 2 aliphatic rings. The topological polar surface area (TPSA) is 76.0 Å². The summed E-state index contributed by atoms with van der Waals surface area (Å²) in [6.45, 7) is 3.35. The van der Waals surface area contributed by atoms with Crippen molar-refractivity contribution in [2.75, 3.05) is 23.5 Å². The number of methoxy groups -OCH3 is 1. The number of carbonyl (C=O) groups excluding carboxylic acids is 1. The van der Waals surface area contributed by atoms with Crippen molar-refractivity contribution in [2.45, 2.75) is 25.1 Å². The molecule has 2 heterocycles. The van der Waals surface area contributed by atoms with Crippen molar-refractivity contribution < 1.29 is 17.9 Å². The summed E-state index contributed by atoms with van der Waals surface area (Å²) in [4.78, 5) is 17.4. The summed E-state index contributed by atoms with van der Waals surface area (Å²) in [6.07, 6.45) is 0. The Labute approximate surface area is 139 Å². The summed E-state index contributed by atoms with van der Waals surface area (Å²) in [7, 11) is -1.50. The van der Waals surface area contributed by atoms with Crippen molar-refractivity contribution in [3.63, 3.8) is 0 Å². The smallest absolute Gasteiger partial charge is 0.244 e. The van der Waals surface area contributed by atoms with Crippen LogP contribution in [-0.4, -0.2) is 49.4 Å². The summed E-state index contributed by atoms with van der Waals surface area (Å²) in [5.74, 6) is 0.520. The zero-order chi connectivity index (χ0) is 16.8. The van der Waals surface area contributed by atoms with Crippen LogP contribution in [0.1, 0.15) is 12.5 Å². The van der Waals surface area contributed by atoms with E-state index in [0.29, 0.717) is 10.9 Å². The molecule has 0 aromatic heterocycles. The number of hydrogen-bond acceptors (Lipinski definition) is 5. The fourth-order valence-electron chi connectivity index (χ4n) is 2.97. The summed E-state index contributed by atoms with van der Waals surface area (Å²) in [6, 6.07) is 5.48. The highest BCUT2D eigenvalue weighted by molar-refractivity contribution is 8.16. The fraction of sp³-hybridized carbons (Fsp3) is 0.467. The average Bonchev–Trinajstić information content (AvgIpc) is 2.88. The first-order valence-corrected chi connectivity index (χ1v) is 9.91. The molecule has 1 aromatic carbocycles. The SMILES string of the molecule is COc1ccc(C)cc1N1C(=NC(C)=O)S[C@@H]2CS(=O)(=O)C[C@@H]21. The minimum absolute atomic E-state index is 0.0681. The van der Waals surface area contributed by atoms with Gasteiger partial charge in [-0.05, 0) is 24.6 Å². The van der Waals surface area contributed by atoms with Gasteiger partial charge in [0, 0.05) is 12.2 Å². The van der Waals surface area contributed by atoms with Crippen molar-refractivity contribution in [2.24, 2.45) is 4.99 Å². The van der Waals surface area contributed by atoms with Crippen LogP contribution in [0.2, 0.25) is 0 Å². The molecule has 8 heteroatoms. The molecule has 0 unspecified atom stereocenters. The number of aryl methyl sites for hydroxylation is 1. The van der Waals surface area contributed by atoms with E-state index in [4.69, 9.17) is 4.74 Å². The Morgan fingerprint density at radius 2 is 2.13 bits per heavy atom. The Kier molecular flexibility index (Phi) is 4.14. The summed E-state index contributed by atoms with van der Waals surface area (Å²) >= 11 is 1.36. The maximum Gasteiger partial charge on any atom is 0.244 e. The number of rotatable bonds is 2. The van der Waals surface area contributed by atoms with Gasteiger partial charge in [0.1, 0.15) is 5.75 Å². The zero-order valence-electron chi connectivity index (χ0n) is 13.1. The Morgan fingerprint density at radius 3 is 2.78 bits per heavy atom. The number of benzene rings is 1. The number of ether oxygens (including phenoxy) is 1. The summed E-state index contributed by atoms with van der Waals surface area (Å²) in [5, 5.41) is 0.439. The van der Waals surface area contributed by atoms with Crippen molar-refractivity contribution in [3.8, 4) is 5.75 Å². The van der Waals surface area contributed by atoms with Crippen LogP contribution >= 0.6 is 11.8 Å². The molecule has 6 nitrogen and oxygen atoms in total. The van der Waals surface area contributed by atoms with Crippen LogP contribution in [0.4, 0.5) is 5.69 Å². The maximum atomic E-state index is 12.0. The molecule has 23 heavy (non-hydrogen) atoms. The molecule has 2 atom stereocenters. The normalized spacial score (nSPS) is 27.3. The molecule has 2 aliphatic heterocycles. The van der Waals surface area contributed by atoms with E-state index >= 15 is 0 Å². The predicted molar refractivity (Wildman–Crippen MR) is 92.1 cm³/mol. The van der Waals surface area contributed by atoms with Gasteiger partial charge in [-0.25, -0.2) is 8.42 Å². The van der Waals surface area contributed by atoms with E-state index in [2.05, 4.69) is 4.99 Å². The molecule has 0 bridgehead atoms. The third-order valence-corrected chi connectivity index (χ3v) is 7.12. The highest BCUT2D eigenvalue weighted by Gasteiger charge is 2.49. The first kappa shape index (κ1) is 16.3. The third-order valence-electron chi connectivity index (χ3n) is 3.91. The molecule has 0 saturated carbocycles. The molecule has 0 radical (unpaired) electrons. The van der Waals surface area contributed by atoms with E-state index in [-0.39, 0.29) is 28.7 Å². The number of sulfone groups is 1. The average molecular weight is 354 g/mol. The second-order valence-electron chi connectivity index (χ2n) is 5.76. The van der Waals surface area contributed by atoms with Gasteiger partial charge in [-0.3, -0.25) is 4.79 Å². The Morgan fingerprint density at radius 1 is 1.39 bits per heavy atom. The van der Waals surface area contributed by atoms with Crippen molar-refractivity contribution >= 4 is 38.4 Å². The minimum Gasteiger partial charge on any atom is -0.495 e. The van der Waals surface area contributed by atoms with Gasteiger partial charge in [-0.2, -0.15) is 4.99 Å². The van der Waals surface area contributed by atoms with Crippen LogP contribution in [0.25, 0.3) is 0 Å². The highest BCUT2D eigenvalue weighted by Crippen LogP contribution is 2.44. The van der Waals surface area contributed by atoms with Gasteiger partial charge < -0.3 is 9.64 Å². The van der Waals surface area contributed by atoms with E-state index in [1.165, 1.54) is 18.7 Å². The van der Waals surface area contributed by atoms with E-state index in [9.17, 15) is 13.2 Å². The van der Waals surface area contributed by atoms with Gasteiger partial charge in [0.05, 0.1) is 30.3 Å². The Bertz CT molecular complexity index is 789.